The molecule has 1 saturated heterocycles. The number of hydrogen-bond acceptors (Lipinski definition) is 5. The number of carbonyl (C=O) groups excluding carboxylic acids is 1. The summed E-state index contributed by atoms with van der Waals surface area (Å²) < 4.78 is 41.0. The maximum atomic E-state index is 13.2. The molecule has 0 atom stereocenters. The molecule has 0 unspecified atom stereocenters. The molecule has 10 heteroatoms. The van der Waals surface area contributed by atoms with Crippen molar-refractivity contribution in [1.82, 2.24) is 9.55 Å². The first-order valence-corrected chi connectivity index (χ1v) is 10.9. The number of nitrogens with one attached hydrogen (secondary N) is 1. The molecular weight excluding hydrogens is 429 g/mol. The second-order valence-electron chi connectivity index (χ2n) is 7.46. The van der Waals surface area contributed by atoms with Gasteiger partial charge in [-0.2, -0.15) is 13.2 Å². The van der Waals surface area contributed by atoms with Crippen LogP contribution < -0.4 is 15.8 Å². The number of thiophene rings is 1. The lowest BCUT2D eigenvalue weighted by molar-refractivity contribution is -0.137. The fourth-order valence-electron chi connectivity index (χ4n) is 3.71. The topological polar surface area (TPSA) is 67.2 Å². The van der Waals surface area contributed by atoms with Crippen LogP contribution in [0.4, 0.5) is 24.5 Å². The number of amides is 1. The predicted molar refractivity (Wildman–Crippen MR) is 115 cm³/mol. The normalized spacial score (nSPS) is 14.7. The Hall–Kier alpha value is -2.88. The first kappa shape index (κ1) is 21.4. The van der Waals surface area contributed by atoms with Crippen molar-refractivity contribution >= 4 is 38.8 Å². The van der Waals surface area contributed by atoms with Gasteiger partial charge in [0.2, 0.25) is 5.91 Å². The van der Waals surface area contributed by atoms with E-state index in [1.54, 1.807) is 11.4 Å². The largest absolute Gasteiger partial charge is 0.416 e. The molecule has 1 fully saturated rings. The summed E-state index contributed by atoms with van der Waals surface area (Å²) in [4.78, 5) is 31.8. The van der Waals surface area contributed by atoms with Crippen molar-refractivity contribution in [1.29, 1.82) is 0 Å². The van der Waals surface area contributed by atoms with E-state index in [0.717, 1.165) is 44.5 Å². The van der Waals surface area contributed by atoms with Gasteiger partial charge in [0.25, 0.3) is 5.56 Å². The summed E-state index contributed by atoms with van der Waals surface area (Å²) in [5, 5.41) is 4.88. The van der Waals surface area contributed by atoms with Crippen LogP contribution >= 0.6 is 11.3 Å². The SMILES string of the molecule is O=C(CCn1cnc2sccc2c1=O)Nc1cc(C(F)(F)F)ccc1N1CCCCC1. The second-order valence-corrected chi connectivity index (χ2v) is 8.35. The fraction of sp³-hybridized carbons (Fsp3) is 0.381. The highest BCUT2D eigenvalue weighted by Crippen LogP contribution is 2.36. The second kappa shape index (κ2) is 8.70. The lowest BCUT2D eigenvalue weighted by Crippen LogP contribution is -2.31. The molecule has 2 aromatic heterocycles. The Balaban J connectivity index is 1.52. The van der Waals surface area contributed by atoms with Crippen molar-refractivity contribution in [3.63, 3.8) is 0 Å². The zero-order valence-corrected chi connectivity index (χ0v) is 17.4. The average molecular weight is 450 g/mol. The van der Waals surface area contributed by atoms with Crippen molar-refractivity contribution in [3.05, 3.63) is 51.9 Å². The van der Waals surface area contributed by atoms with Crippen LogP contribution in [-0.4, -0.2) is 28.5 Å². The monoisotopic (exact) mass is 450 g/mol. The number of benzene rings is 1. The smallest absolute Gasteiger partial charge is 0.370 e. The molecule has 4 rings (SSSR count). The van der Waals surface area contributed by atoms with Gasteiger partial charge >= 0.3 is 6.18 Å². The number of rotatable bonds is 5. The number of alkyl halides is 3. The lowest BCUT2D eigenvalue weighted by Gasteiger charge is -2.31. The van der Waals surface area contributed by atoms with E-state index >= 15 is 0 Å². The molecule has 0 bridgehead atoms. The third-order valence-corrected chi connectivity index (χ3v) is 6.15. The molecule has 0 aliphatic carbocycles. The summed E-state index contributed by atoms with van der Waals surface area (Å²) in [7, 11) is 0. The van der Waals surface area contributed by atoms with Gasteiger partial charge in [-0.3, -0.25) is 14.2 Å². The number of hydrogen-bond donors (Lipinski definition) is 1. The highest BCUT2D eigenvalue weighted by atomic mass is 32.1. The van der Waals surface area contributed by atoms with Gasteiger partial charge in [0.15, 0.2) is 0 Å². The highest BCUT2D eigenvalue weighted by Gasteiger charge is 2.31. The minimum atomic E-state index is -4.51. The number of nitrogens with zero attached hydrogens (tertiary/aromatic N) is 3. The van der Waals surface area contributed by atoms with E-state index in [1.807, 2.05) is 4.90 Å². The minimum Gasteiger partial charge on any atom is -0.370 e. The van der Waals surface area contributed by atoms with Gasteiger partial charge in [0.05, 0.1) is 28.7 Å². The Kier molecular flexibility index (Phi) is 5.99. The lowest BCUT2D eigenvalue weighted by atomic mass is 10.1. The van der Waals surface area contributed by atoms with Gasteiger partial charge in [0, 0.05) is 26.1 Å². The molecule has 1 aromatic carbocycles. The average Bonchev–Trinajstić information content (AvgIpc) is 3.23. The van der Waals surface area contributed by atoms with Crippen molar-refractivity contribution in [2.45, 2.75) is 38.4 Å². The predicted octanol–water partition coefficient (Wildman–Crippen LogP) is 4.50. The number of halogens is 3. The highest BCUT2D eigenvalue weighted by molar-refractivity contribution is 7.16. The number of anilines is 2. The maximum absolute atomic E-state index is 13.2. The molecular formula is C21H21F3N4O2S. The third kappa shape index (κ3) is 4.73. The number of aryl methyl sites for hydroxylation is 1. The van der Waals surface area contributed by atoms with Gasteiger partial charge in [-0.1, -0.05) is 0 Å². The van der Waals surface area contributed by atoms with Crippen molar-refractivity contribution in [2.75, 3.05) is 23.3 Å². The van der Waals surface area contributed by atoms with E-state index in [-0.39, 0.29) is 24.2 Å². The summed E-state index contributed by atoms with van der Waals surface area (Å²) >= 11 is 1.35. The Morgan fingerprint density at radius 3 is 2.68 bits per heavy atom. The zero-order chi connectivity index (χ0) is 22.0. The number of fused-ring (bicyclic) bond motifs is 1. The van der Waals surface area contributed by atoms with E-state index in [2.05, 4.69) is 10.3 Å². The first-order valence-electron chi connectivity index (χ1n) is 10.0. The van der Waals surface area contributed by atoms with Crippen LogP contribution in [0.1, 0.15) is 31.2 Å². The standard InChI is InChI=1S/C21H21F3N4O2S/c22-21(23,24)14-4-5-17(27-8-2-1-3-9-27)16(12-14)26-18(29)6-10-28-13-25-19-15(20(28)30)7-11-31-19/h4-5,7,11-13H,1-3,6,8-10H2,(H,26,29). The van der Waals surface area contributed by atoms with Crippen molar-refractivity contribution in [2.24, 2.45) is 0 Å². The van der Waals surface area contributed by atoms with E-state index < -0.39 is 17.6 Å². The quantitative estimate of drug-likeness (QED) is 0.622. The molecule has 1 aliphatic heterocycles. The van der Waals surface area contributed by atoms with Crippen molar-refractivity contribution in [3.8, 4) is 0 Å². The Labute approximate surface area is 180 Å². The Bertz CT molecular complexity index is 1150. The molecule has 1 aliphatic rings. The zero-order valence-electron chi connectivity index (χ0n) is 16.6. The van der Waals surface area contributed by atoms with E-state index in [9.17, 15) is 22.8 Å². The molecule has 6 nitrogen and oxygen atoms in total. The van der Waals surface area contributed by atoms with Gasteiger partial charge in [-0.25, -0.2) is 4.98 Å². The summed E-state index contributed by atoms with van der Waals surface area (Å²) in [6.07, 6.45) is -0.194. The van der Waals surface area contributed by atoms with Crippen LogP contribution in [-0.2, 0) is 17.5 Å². The number of piperidine rings is 1. The third-order valence-electron chi connectivity index (χ3n) is 5.32. The molecule has 1 N–H and O–H groups in total. The molecule has 1 amide bonds. The van der Waals surface area contributed by atoms with Crippen LogP contribution in [0.2, 0.25) is 0 Å². The van der Waals surface area contributed by atoms with Gasteiger partial charge < -0.3 is 10.2 Å². The van der Waals surface area contributed by atoms with Crippen LogP contribution in [0.15, 0.2) is 40.8 Å². The molecule has 3 aromatic rings. The molecule has 0 radical (unpaired) electrons. The van der Waals surface area contributed by atoms with E-state index in [1.165, 1.54) is 28.3 Å². The Morgan fingerprint density at radius 1 is 1.16 bits per heavy atom. The first-order chi connectivity index (χ1) is 14.8. The summed E-state index contributed by atoms with van der Waals surface area (Å²) in [6, 6.07) is 5.12. The minimum absolute atomic E-state index is 0.0626. The fourth-order valence-corrected chi connectivity index (χ4v) is 4.43. The summed E-state index contributed by atoms with van der Waals surface area (Å²) in [5.41, 5.74) is -0.334. The van der Waals surface area contributed by atoms with Crippen LogP contribution in [0.25, 0.3) is 10.2 Å². The van der Waals surface area contributed by atoms with Crippen LogP contribution in [0.3, 0.4) is 0 Å². The van der Waals surface area contributed by atoms with E-state index in [4.69, 9.17) is 0 Å². The van der Waals surface area contributed by atoms with Gasteiger partial charge in [-0.15, -0.1) is 11.3 Å². The molecule has 31 heavy (non-hydrogen) atoms. The molecule has 0 saturated carbocycles. The van der Waals surface area contributed by atoms with Crippen LogP contribution in [0.5, 0.6) is 0 Å². The van der Waals surface area contributed by atoms with Crippen LogP contribution in [0, 0.1) is 0 Å². The summed E-state index contributed by atoms with van der Waals surface area (Å²) in [6.45, 7) is 1.55. The van der Waals surface area contributed by atoms with Gasteiger partial charge in [-0.05, 0) is 48.9 Å². The molecule has 164 valence electrons. The number of aromatic nitrogens is 2. The van der Waals surface area contributed by atoms with E-state index in [0.29, 0.717) is 15.9 Å². The number of carbonyl (C=O) groups is 1. The molecule has 3 heterocycles. The molecule has 0 spiro atoms. The Morgan fingerprint density at radius 2 is 1.94 bits per heavy atom. The van der Waals surface area contributed by atoms with Gasteiger partial charge in [0.1, 0.15) is 4.83 Å². The maximum Gasteiger partial charge on any atom is 0.416 e. The summed E-state index contributed by atoms with van der Waals surface area (Å²) in [5.74, 6) is -0.463. The van der Waals surface area contributed by atoms with Crippen molar-refractivity contribution < 1.29 is 18.0 Å².